The van der Waals surface area contributed by atoms with E-state index in [4.69, 9.17) is 44.3 Å². The van der Waals surface area contributed by atoms with Crippen LogP contribution in [0.3, 0.4) is 0 Å². The van der Waals surface area contributed by atoms with Gasteiger partial charge in [0.25, 0.3) is 11.1 Å². The van der Waals surface area contributed by atoms with Gasteiger partial charge in [-0.1, -0.05) is 65.1 Å². The second kappa shape index (κ2) is 11.0. The van der Waals surface area contributed by atoms with E-state index in [0.717, 1.165) is 27.8 Å². The Balaban J connectivity index is 1.54. The first-order valence-electron chi connectivity index (χ1n) is 10.5. The van der Waals surface area contributed by atoms with Crippen LogP contribution in [-0.2, 0) is 17.9 Å². The molecule has 2 amide bonds. The van der Waals surface area contributed by atoms with Gasteiger partial charge in [0, 0.05) is 0 Å². The molecule has 180 valence electrons. The Morgan fingerprint density at radius 1 is 0.971 bits per heavy atom. The van der Waals surface area contributed by atoms with Crippen molar-refractivity contribution in [2.75, 3.05) is 7.11 Å². The van der Waals surface area contributed by atoms with Crippen molar-refractivity contribution in [3.05, 3.63) is 96.8 Å². The summed E-state index contributed by atoms with van der Waals surface area (Å²) in [4.78, 5) is 26.9. The first-order chi connectivity index (χ1) is 16.8. The Morgan fingerprint density at radius 3 is 2.46 bits per heavy atom. The second-order valence-corrected chi connectivity index (χ2v) is 9.98. The fraction of sp³-hybridized carbons (Fsp3) is 0.154. The van der Waals surface area contributed by atoms with Gasteiger partial charge in [-0.2, -0.15) is 0 Å². The van der Waals surface area contributed by atoms with Crippen LogP contribution in [-0.4, -0.2) is 23.2 Å². The third kappa shape index (κ3) is 5.78. The normalized spacial score (nSPS) is 14.7. The molecule has 4 rings (SSSR count). The largest absolute Gasteiger partial charge is 0.493 e. The molecule has 5 nitrogen and oxygen atoms in total. The van der Waals surface area contributed by atoms with Crippen molar-refractivity contribution in [2.24, 2.45) is 0 Å². The third-order valence-electron chi connectivity index (χ3n) is 5.38. The number of amides is 2. The number of carbonyl (C=O) groups excluding carboxylic acids is 2. The maximum atomic E-state index is 12.9. The van der Waals surface area contributed by atoms with Crippen LogP contribution in [0.25, 0.3) is 6.08 Å². The number of halogens is 3. The number of ether oxygens (including phenoxy) is 2. The zero-order chi connectivity index (χ0) is 25.1. The van der Waals surface area contributed by atoms with Crippen molar-refractivity contribution in [1.82, 2.24) is 4.90 Å². The molecule has 0 bridgehead atoms. The molecule has 0 aliphatic carbocycles. The summed E-state index contributed by atoms with van der Waals surface area (Å²) in [5.74, 6) is 0.427. The lowest BCUT2D eigenvalue weighted by atomic mass is 10.1. The van der Waals surface area contributed by atoms with Gasteiger partial charge in [0.05, 0.1) is 33.6 Å². The number of rotatable bonds is 7. The van der Waals surface area contributed by atoms with Crippen molar-refractivity contribution < 1.29 is 19.1 Å². The minimum atomic E-state index is -0.402. The van der Waals surface area contributed by atoms with Crippen LogP contribution in [0.2, 0.25) is 15.1 Å². The second-order valence-electron chi connectivity index (χ2n) is 7.77. The summed E-state index contributed by atoms with van der Waals surface area (Å²) in [5, 5.41) is 0.725. The van der Waals surface area contributed by atoms with E-state index in [1.54, 1.807) is 36.4 Å². The molecule has 1 aliphatic rings. The average molecular weight is 549 g/mol. The smallest absolute Gasteiger partial charge is 0.293 e. The zero-order valence-corrected chi connectivity index (χ0v) is 21.9. The predicted octanol–water partition coefficient (Wildman–Crippen LogP) is 7.78. The molecule has 0 aromatic heterocycles. The molecule has 0 saturated carbocycles. The maximum Gasteiger partial charge on any atom is 0.293 e. The van der Waals surface area contributed by atoms with Gasteiger partial charge in [0.1, 0.15) is 6.61 Å². The molecule has 1 fully saturated rings. The number of methoxy groups -OCH3 is 1. The average Bonchev–Trinajstić information content (AvgIpc) is 3.08. The van der Waals surface area contributed by atoms with Crippen molar-refractivity contribution in [2.45, 2.75) is 20.1 Å². The van der Waals surface area contributed by atoms with E-state index in [2.05, 4.69) is 0 Å². The van der Waals surface area contributed by atoms with Crippen LogP contribution in [0.1, 0.15) is 22.3 Å². The van der Waals surface area contributed by atoms with Crippen LogP contribution in [0, 0.1) is 6.92 Å². The number of hydrogen-bond donors (Lipinski definition) is 0. The Bertz CT molecular complexity index is 1340. The summed E-state index contributed by atoms with van der Waals surface area (Å²) >= 11 is 19.4. The number of hydrogen-bond acceptors (Lipinski definition) is 5. The third-order valence-corrected chi connectivity index (χ3v) is 7.31. The van der Waals surface area contributed by atoms with Gasteiger partial charge in [-0.05, 0) is 71.3 Å². The van der Waals surface area contributed by atoms with Gasteiger partial charge in [0.2, 0.25) is 0 Å². The van der Waals surface area contributed by atoms with E-state index in [0.29, 0.717) is 44.3 Å². The molecule has 1 heterocycles. The number of aryl methyl sites for hydroxylation is 1. The molecular formula is C26H20Cl3NO4S. The van der Waals surface area contributed by atoms with Gasteiger partial charge in [-0.25, -0.2) is 0 Å². The zero-order valence-electron chi connectivity index (χ0n) is 18.8. The van der Waals surface area contributed by atoms with Crippen molar-refractivity contribution in [1.29, 1.82) is 0 Å². The first-order valence-corrected chi connectivity index (χ1v) is 12.5. The summed E-state index contributed by atoms with van der Waals surface area (Å²) in [7, 11) is 1.52. The van der Waals surface area contributed by atoms with E-state index in [9.17, 15) is 9.59 Å². The molecule has 9 heteroatoms. The quantitative estimate of drug-likeness (QED) is 0.282. The summed E-state index contributed by atoms with van der Waals surface area (Å²) < 4.78 is 11.4. The molecule has 3 aromatic rings. The van der Waals surface area contributed by atoms with Crippen molar-refractivity contribution in [3.63, 3.8) is 0 Å². The van der Waals surface area contributed by atoms with Gasteiger partial charge >= 0.3 is 0 Å². The molecule has 0 spiro atoms. The van der Waals surface area contributed by atoms with E-state index in [-0.39, 0.29) is 16.7 Å². The lowest BCUT2D eigenvalue weighted by Crippen LogP contribution is -2.27. The SMILES string of the molecule is COc1cc(/C=C2\SC(=O)N(Cc3ccc(Cl)c(Cl)c3)C2=O)cc(Cl)c1OCc1ccccc1C. The lowest BCUT2D eigenvalue weighted by molar-refractivity contribution is -0.123. The van der Waals surface area contributed by atoms with Crippen LogP contribution >= 0.6 is 46.6 Å². The summed E-state index contributed by atoms with van der Waals surface area (Å²) in [6.07, 6.45) is 1.61. The van der Waals surface area contributed by atoms with Crippen LogP contribution in [0.4, 0.5) is 4.79 Å². The Morgan fingerprint density at radius 2 is 1.74 bits per heavy atom. The molecule has 1 saturated heterocycles. The number of imide groups is 1. The maximum absolute atomic E-state index is 12.9. The highest BCUT2D eigenvalue weighted by molar-refractivity contribution is 8.18. The fourth-order valence-corrected chi connectivity index (χ4v) is 4.93. The Labute approximate surface area is 222 Å². The molecule has 3 aromatic carbocycles. The van der Waals surface area contributed by atoms with Crippen LogP contribution in [0.15, 0.2) is 59.5 Å². The first kappa shape index (κ1) is 25.5. The molecular weight excluding hydrogens is 529 g/mol. The summed E-state index contributed by atoms with van der Waals surface area (Å²) in [6.45, 7) is 2.43. The Hall–Kier alpha value is -2.64. The minimum absolute atomic E-state index is 0.0919. The summed E-state index contributed by atoms with van der Waals surface area (Å²) in [6, 6.07) is 16.3. The van der Waals surface area contributed by atoms with Crippen molar-refractivity contribution >= 4 is 63.8 Å². The van der Waals surface area contributed by atoms with Crippen LogP contribution in [0.5, 0.6) is 11.5 Å². The number of benzene rings is 3. The molecule has 0 unspecified atom stereocenters. The van der Waals surface area contributed by atoms with Crippen molar-refractivity contribution in [3.8, 4) is 11.5 Å². The van der Waals surface area contributed by atoms with E-state index in [1.807, 2.05) is 31.2 Å². The highest BCUT2D eigenvalue weighted by atomic mass is 35.5. The number of thioether (sulfide) groups is 1. The van der Waals surface area contributed by atoms with E-state index < -0.39 is 5.91 Å². The molecule has 0 radical (unpaired) electrons. The van der Waals surface area contributed by atoms with Crippen LogP contribution < -0.4 is 9.47 Å². The lowest BCUT2D eigenvalue weighted by Gasteiger charge is -2.14. The highest BCUT2D eigenvalue weighted by Gasteiger charge is 2.35. The monoisotopic (exact) mass is 547 g/mol. The van der Waals surface area contributed by atoms with E-state index in [1.165, 1.54) is 7.11 Å². The Kier molecular flexibility index (Phi) is 7.97. The van der Waals surface area contributed by atoms with Gasteiger partial charge in [-0.3, -0.25) is 14.5 Å². The van der Waals surface area contributed by atoms with E-state index >= 15 is 0 Å². The predicted molar refractivity (Wildman–Crippen MR) is 141 cm³/mol. The molecule has 0 atom stereocenters. The molecule has 35 heavy (non-hydrogen) atoms. The fourth-order valence-electron chi connectivity index (χ4n) is 3.49. The van der Waals surface area contributed by atoms with Gasteiger partial charge in [-0.15, -0.1) is 0 Å². The standard InChI is InChI=1S/C26H20Cl3NO4S/c1-15-5-3-4-6-18(15)14-34-24-21(29)10-17(11-22(24)33-2)12-23-25(31)30(26(32)35-23)13-16-7-8-19(27)20(28)9-16/h3-12H,13-14H2,1-2H3/b23-12-. The van der Waals surface area contributed by atoms with Gasteiger partial charge < -0.3 is 9.47 Å². The molecule has 1 aliphatic heterocycles. The molecule has 0 N–H and O–H groups in total. The topological polar surface area (TPSA) is 55.8 Å². The summed E-state index contributed by atoms with van der Waals surface area (Å²) in [5.41, 5.74) is 3.44. The minimum Gasteiger partial charge on any atom is -0.493 e. The van der Waals surface area contributed by atoms with Gasteiger partial charge in [0.15, 0.2) is 11.5 Å². The highest BCUT2D eigenvalue weighted by Crippen LogP contribution is 2.40. The number of carbonyl (C=O) groups is 2. The number of nitrogens with zero attached hydrogens (tertiary/aromatic N) is 1.